The van der Waals surface area contributed by atoms with E-state index >= 15 is 0 Å². The molecule has 0 spiro atoms. The van der Waals surface area contributed by atoms with E-state index in [4.69, 9.17) is 9.47 Å². The van der Waals surface area contributed by atoms with E-state index in [0.29, 0.717) is 6.42 Å². The molecule has 3 rings (SSSR count). The van der Waals surface area contributed by atoms with Crippen LogP contribution in [0.5, 0.6) is 0 Å². The van der Waals surface area contributed by atoms with Gasteiger partial charge in [-0.25, -0.2) is 4.79 Å². The van der Waals surface area contributed by atoms with Crippen LogP contribution >= 0.6 is 0 Å². The number of amides is 1. The quantitative estimate of drug-likeness (QED) is 0.572. The van der Waals surface area contributed by atoms with Crippen molar-refractivity contribution in [1.29, 1.82) is 0 Å². The Hall–Kier alpha value is -2.86. The highest BCUT2D eigenvalue weighted by atomic mass is 16.6. The molecule has 6 nitrogen and oxygen atoms in total. The van der Waals surface area contributed by atoms with Gasteiger partial charge in [0.2, 0.25) is 0 Å². The summed E-state index contributed by atoms with van der Waals surface area (Å²) in [6.07, 6.45) is -0.238. The summed E-state index contributed by atoms with van der Waals surface area (Å²) >= 11 is 0. The largest absolute Gasteiger partial charge is 0.469 e. The molecule has 0 bridgehead atoms. The number of benzene rings is 2. The van der Waals surface area contributed by atoms with E-state index in [1.807, 2.05) is 60.7 Å². The van der Waals surface area contributed by atoms with Crippen molar-refractivity contribution in [3.63, 3.8) is 0 Å². The standard InChI is InChI=1S/C21H23NO5/c1-25-19(23)13-18-20(27-18)17(12-15-8-4-2-5-9-15)22-21(24)26-14-16-10-6-3-7-11-16/h2-11,17-18,20H,12-14H2,1H3,(H,22,24)/t17-,18-,20+/m0/s1. The van der Waals surface area contributed by atoms with Gasteiger partial charge in [-0.1, -0.05) is 60.7 Å². The van der Waals surface area contributed by atoms with E-state index in [9.17, 15) is 9.59 Å². The Balaban J connectivity index is 1.58. The smallest absolute Gasteiger partial charge is 0.407 e. The van der Waals surface area contributed by atoms with Crippen molar-refractivity contribution in [2.45, 2.75) is 37.7 Å². The fourth-order valence-corrected chi connectivity index (χ4v) is 2.96. The average molecular weight is 369 g/mol. The maximum Gasteiger partial charge on any atom is 0.407 e. The molecule has 6 heteroatoms. The normalized spacial score (nSPS) is 19.0. The summed E-state index contributed by atoms with van der Waals surface area (Å²) < 4.78 is 15.6. The molecule has 1 heterocycles. The van der Waals surface area contributed by atoms with E-state index in [2.05, 4.69) is 10.1 Å². The Kier molecular flexibility index (Phi) is 6.44. The SMILES string of the molecule is COC(=O)C[C@@H]1O[C@@H]1[C@H](Cc1ccccc1)NC(=O)OCc1ccccc1. The molecule has 1 saturated heterocycles. The lowest BCUT2D eigenvalue weighted by molar-refractivity contribution is -0.140. The van der Waals surface area contributed by atoms with Crippen molar-refractivity contribution in [2.75, 3.05) is 7.11 Å². The fourth-order valence-electron chi connectivity index (χ4n) is 2.96. The molecule has 27 heavy (non-hydrogen) atoms. The lowest BCUT2D eigenvalue weighted by Gasteiger charge is -2.17. The van der Waals surface area contributed by atoms with Crippen LogP contribution in [0.15, 0.2) is 60.7 Å². The summed E-state index contributed by atoms with van der Waals surface area (Å²) in [7, 11) is 1.35. The molecule has 142 valence electrons. The van der Waals surface area contributed by atoms with Gasteiger partial charge < -0.3 is 19.5 Å². The number of carbonyl (C=O) groups excluding carboxylic acids is 2. The molecular weight excluding hydrogens is 346 g/mol. The first kappa shape index (κ1) is 18.9. The van der Waals surface area contributed by atoms with Crippen molar-refractivity contribution >= 4 is 12.1 Å². The maximum absolute atomic E-state index is 12.3. The molecule has 0 unspecified atom stereocenters. The summed E-state index contributed by atoms with van der Waals surface area (Å²) in [5, 5.41) is 2.88. The van der Waals surface area contributed by atoms with Crippen molar-refractivity contribution in [2.24, 2.45) is 0 Å². The zero-order valence-electron chi connectivity index (χ0n) is 15.2. The van der Waals surface area contributed by atoms with E-state index in [-0.39, 0.29) is 37.2 Å². The van der Waals surface area contributed by atoms with Gasteiger partial charge in [0, 0.05) is 0 Å². The number of esters is 1. The maximum atomic E-state index is 12.3. The Labute approximate surface area is 158 Å². The first-order valence-corrected chi connectivity index (χ1v) is 8.89. The summed E-state index contributed by atoms with van der Waals surface area (Å²) in [4.78, 5) is 23.7. The molecule has 1 amide bonds. The molecule has 3 atom stereocenters. The Bertz CT molecular complexity index is 750. The van der Waals surface area contributed by atoms with Gasteiger partial charge >= 0.3 is 12.1 Å². The first-order valence-electron chi connectivity index (χ1n) is 8.89. The van der Waals surface area contributed by atoms with E-state index in [0.717, 1.165) is 11.1 Å². The van der Waals surface area contributed by atoms with Crippen LogP contribution in [0, 0.1) is 0 Å². The highest BCUT2D eigenvalue weighted by molar-refractivity contribution is 5.70. The second-order valence-electron chi connectivity index (χ2n) is 6.42. The minimum Gasteiger partial charge on any atom is -0.469 e. The molecule has 1 aliphatic heterocycles. The van der Waals surface area contributed by atoms with E-state index in [1.165, 1.54) is 7.11 Å². The second kappa shape index (κ2) is 9.19. The summed E-state index contributed by atoms with van der Waals surface area (Å²) in [6, 6.07) is 19.0. The minimum absolute atomic E-state index is 0.174. The summed E-state index contributed by atoms with van der Waals surface area (Å²) in [5.41, 5.74) is 1.98. The summed E-state index contributed by atoms with van der Waals surface area (Å²) in [5.74, 6) is -0.326. The van der Waals surface area contributed by atoms with Crippen LogP contribution < -0.4 is 5.32 Å². The third-order valence-corrected chi connectivity index (χ3v) is 4.43. The molecular formula is C21H23NO5. The molecule has 2 aromatic carbocycles. The van der Waals surface area contributed by atoms with Gasteiger partial charge in [-0.15, -0.1) is 0 Å². The zero-order chi connectivity index (χ0) is 19.1. The van der Waals surface area contributed by atoms with Gasteiger partial charge in [-0.05, 0) is 17.5 Å². The van der Waals surface area contributed by atoms with Crippen molar-refractivity contribution in [3.8, 4) is 0 Å². The Morgan fingerprint density at radius 2 is 1.67 bits per heavy atom. The fraction of sp³-hybridized carbons (Fsp3) is 0.333. The van der Waals surface area contributed by atoms with E-state index in [1.54, 1.807) is 0 Å². The van der Waals surface area contributed by atoms with Gasteiger partial charge in [0.25, 0.3) is 0 Å². The highest BCUT2D eigenvalue weighted by Gasteiger charge is 2.46. The number of rotatable bonds is 8. The van der Waals surface area contributed by atoms with Crippen molar-refractivity contribution in [1.82, 2.24) is 5.32 Å². The number of nitrogens with one attached hydrogen (secondary N) is 1. The number of hydrogen-bond acceptors (Lipinski definition) is 5. The number of alkyl carbamates (subject to hydrolysis) is 1. The van der Waals surface area contributed by atoms with Crippen LogP contribution in [0.4, 0.5) is 4.79 Å². The van der Waals surface area contributed by atoms with Crippen molar-refractivity contribution in [3.05, 3.63) is 71.8 Å². The predicted octanol–water partition coefficient (Wildman–Crippen LogP) is 2.85. The van der Waals surface area contributed by atoms with Crippen LogP contribution in [0.2, 0.25) is 0 Å². The van der Waals surface area contributed by atoms with Crippen molar-refractivity contribution < 1.29 is 23.8 Å². The van der Waals surface area contributed by atoms with Gasteiger partial charge in [-0.3, -0.25) is 4.79 Å². The number of carbonyl (C=O) groups is 2. The zero-order valence-corrected chi connectivity index (χ0v) is 15.2. The Morgan fingerprint density at radius 3 is 2.30 bits per heavy atom. The van der Waals surface area contributed by atoms with Crippen LogP contribution in [-0.2, 0) is 32.0 Å². The van der Waals surface area contributed by atoms with Gasteiger partial charge in [0.1, 0.15) is 12.7 Å². The lowest BCUT2D eigenvalue weighted by atomic mass is 10.0. The summed E-state index contributed by atoms with van der Waals surface area (Å²) in [6.45, 7) is 0.196. The second-order valence-corrected chi connectivity index (χ2v) is 6.42. The van der Waals surface area contributed by atoms with E-state index < -0.39 is 6.09 Å². The Morgan fingerprint density at radius 1 is 1.04 bits per heavy atom. The number of ether oxygens (including phenoxy) is 3. The number of hydrogen-bond donors (Lipinski definition) is 1. The molecule has 1 fully saturated rings. The number of methoxy groups -OCH3 is 1. The van der Waals surface area contributed by atoms with Gasteiger partial charge in [0.15, 0.2) is 0 Å². The van der Waals surface area contributed by atoms with Gasteiger partial charge in [0.05, 0.1) is 25.7 Å². The topological polar surface area (TPSA) is 77.2 Å². The third kappa shape index (κ3) is 5.82. The average Bonchev–Trinajstić information content (AvgIpc) is 3.46. The monoisotopic (exact) mass is 369 g/mol. The molecule has 1 aliphatic rings. The molecule has 0 saturated carbocycles. The minimum atomic E-state index is -0.507. The molecule has 0 aliphatic carbocycles. The predicted molar refractivity (Wildman–Crippen MR) is 99.0 cm³/mol. The van der Waals surface area contributed by atoms with Crippen LogP contribution in [0.25, 0.3) is 0 Å². The van der Waals surface area contributed by atoms with Crippen LogP contribution in [0.1, 0.15) is 17.5 Å². The van der Waals surface area contributed by atoms with Crippen LogP contribution in [0.3, 0.4) is 0 Å². The molecule has 0 aromatic heterocycles. The highest BCUT2D eigenvalue weighted by Crippen LogP contribution is 2.30. The molecule has 2 aromatic rings. The van der Waals surface area contributed by atoms with Crippen LogP contribution in [-0.4, -0.2) is 37.4 Å². The number of epoxide rings is 1. The molecule has 1 N–H and O–H groups in total. The lowest BCUT2D eigenvalue weighted by Crippen LogP contribution is -2.41. The molecule has 0 radical (unpaired) electrons. The van der Waals surface area contributed by atoms with Gasteiger partial charge in [-0.2, -0.15) is 0 Å². The first-order chi connectivity index (χ1) is 13.2. The third-order valence-electron chi connectivity index (χ3n) is 4.43.